The van der Waals surface area contributed by atoms with Gasteiger partial charge in [-0.2, -0.15) is 11.8 Å². The van der Waals surface area contributed by atoms with Crippen molar-refractivity contribution in [2.75, 3.05) is 16.8 Å². The summed E-state index contributed by atoms with van der Waals surface area (Å²) in [4.78, 5) is 11.9. The van der Waals surface area contributed by atoms with Crippen molar-refractivity contribution in [1.29, 1.82) is 0 Å². The number of halogens is 1. The molecule has 1 saturated heterocycles. The Labute approximate surface area is 108 Å². The zero-order chi connectivity index (χ0) is 11.4. The minimum atomic E-state index is 0.165. The van der Waals surface area contributed by atoms with Gasteiger partial charge >= 0.3 is 0 Å². The van der Waals surface area contributed by atoms with Crippen LogP contribution in [0.5, 0.6) is 0 Å². The Hall–Kier alpha value is -0.480. The number of carbonyl (C=O) groups is 1. The molecule has 1 fully saturated rings. The lowest BCUT2D eigenvalue weighted by atomic mass is 10.0. The number of thioether (sulfide) groups is 1. The summed E-state index contributed by atoms with van der Waals surface area (Å²) in [6.07, 6.45) is 2.01. The van der Waals surface area contributed by atoms with Crippen molar-refractivity contribution >= 4 is 39.3 Å². The van der Waals surface area contributed by atoms with E-state index in [0.717, 1.165) is 34.5 Å². The van der Waals surface area contributed by atoms with E-state index in [0.29, 0.717) is 0 Å². The minimum Gasteiger partial charge on any atom is -0.326 e. The van der Waals surface area contributed by atoms with E-state index >= 15 is 0 Å². The largest absolute Gasteiger partial charge is 0.326 e. The van der Waals surface area contributed by atoms with E-state index in [1.165, 1.54) is 0 Å². The summed E-state index contributed by atoms with van der Waals surface area (Å²) in [6, 6.07) is 7.72. The Kier molecular flexibility index (Phi) is 4.29. The van der Waals surface area contributed by atoms with Crippen molar-refractivity contribution in [2.24, 2.45) is 5.92 Å². The molecule has 1 aromatic rings. The number of hydrogen-bond acceptors (Lipinski definition) is 2. The van der Waals surface area contributed by atoms with E-state index in [1.54, 1.807) is 0 Å². The van der Waals surface area contributed by atoms with E-state index in [2.05, 4.69) is 21.2 Å². The third-order valence-corrected chi connectivity index (χ3v) is 4.23. The topological polar surface area (TPSA) is 29.1 Å². The van der Waals surface area contributed by atoms with Gasteiger partial charge < -0.3 is 5.32 Å². The van der Waals surface area contributed by atoms with Gasteiger partial charge in [-0.05, 0) is 42.5 Å². The van der Waals surface area contributed by atoms with Crippen molar-refractivity contribution in [2.45, 2.75) is 12.8 Å². The second-order valence-electron chi connectivity index (χ2n) is 3.89. The van der Waals surface area contributed by atoms with Crippen LogP contribution in [0.3, 0.4) is 0 Å². The lowest BCUT2D eigenvalue weighted by Crippen LogP contribution is -2.26. The number of carbonyl (C=O) groups excluding carboxylic acids is 1. The fourth-order valence-electron chi connectivity index (χ4n) is 1.77. The zero-order valence-electron chi connectivity index (χ0n) is 8.91. The van der Waals surface area contributed by atoms with Crippen LogP contribution in [0.2, 0.25) is 0 Å². The summed E-state index contributed by atoms with van der Waals surface area (Å²) < 4.78 is 0.990. The lowest BCUT2D eigenvalue weighted by Gasteiger charge is -2.20. The highest BCUT2D eigenvalue weighted by Gasteiger charge is 2.21. The molecule has 0 aromatic heterocycles. The van der Waals surface area contributed by atoms with Gasteiger partial charge in [0.1, 0.15) is 0 Å². The number of rotatable bonds is 2. The molecule has 0 unspecified atom stereocenters. The van der Waals surface area contributed by atoms with E-state index in [9.17, 15) is 4.79 Å². The Morgan fingerprint density at radius 3 is 2.81 bits per heavy atom. The first-order valence-corrected chi connectivity index (χ1v) is 7.34. The average molecular weight is 300 g/mol. The average Bonchev–Trinajstić information content (AvgIpc) is 2.30. The predicted molar refractivity (Wildman–Crippen MR) is 72.8 cm³/mol. The van der Waals surface area contributed by atoms with Crippen LogP contribution in [0.15, 0.2) is 28.7 Å². The Morgan fingerprint density at radius 2 is 2.12 bits per heavy atom. The van der Waals surface area contributed by atoms with Crippen molar-refractivity contribution in [3.8, 4) is 0 Å². The fourth-order valence-corrected chi connectivity index (χ4v) is 3.28. The van der Waals surface area contributed by atoms with Crippen LogP contribution in [0, 0.1) is 5.92 Å². The van der Waals surface area contributed by atoms with E-state index < -0.39 is 0 Å². The number of benzene rings is 1. The van der Waals surface area contributed by atoms with Gasteiger partial charge in [0.05, 0.1) is 0 Å². The maximum atomic E-state index is 11.9. The van der Waals surface area contributed by atoms with Crippen LogP contribution >= 0.6 is 27.7 Å². The Morgan fingerprint density at radius 1 is 1.38 bits per heavy atom. The van der Waals surface area contributed by atoms with Crippen molar-refractivity contribution in [1.82, 2.24) is 0 Å². The molecule has 16 heavy (non-hydrogen) atoms. The van der Waals surface area contributed by atoms with Crippen LogP contribution in [0.4, 0.5) is 5.69 Å². The van der Waals surface area contributed by atoms with Crippen molar-refractivity contribution in [3.63, 3.8) is 0 Å². The lowest BCUT2D eigenvalue weighted by molar-refractivity contribution is -0.120. The third-order valence-electron chi connectivity index (χ3n) is 2.68. The SMILES string of the molecule is O=C(Nc1cccc(Br)c1)C1CCSCC1. The summed E-state index contributed by atoms with van der Waals surface area (Å²) >= 11 is 5.33. The maximum absolute atomic E-state index is 11.9. The van der Waals surface area contributed by atoms with Gasteiger partial charge in [-0.1, -0.05) is 22.0 Å². The second kappa shape index (κ2) is 5.73. The summed E-state index contributed by atoms with van der Waals surface area (Å²) in [5.74, 6) is 2.58. The van der Waals surface area contributed by atoms with E-state index in [-0.39, 0.29) is 11.8 Å². The predicted octanol–water partition coefficient (Wildman–Crippen LogP) is 3.53. The Bertz CT molecular complexity index is 377. The molecule has 2 nitrogen and oxygen atoms in total. The molecule has 0 radical (unpaired) electrons. The summed E-state index contributed by atoms with van der Waals surface area (Å²) in [7, 11) is 0. The molecular weight excluding hydrogens is 286 g/mol. The normalized spacial score (nSPS) is 17.1. The van der Waals surface area contributed by atoms with Crippen LogP contribution in [-0.2, 0) is 4.79 Å². The van der Waals surface area contributed by atoms with E-state index in [4.69, 9.17) is 0 Å². The molecule has 1 amide bonds. The van der Waals surface area contributed by atoms with Crippen molar-refractivity contribution in [3.05, 3.63) is 28.7 Å². The first kappa shape index (κ1) is 12.0. The Balaban J connectivity index is 1.96. The fraction of sp³-hybridized carbons (Fsp3) is 0.417. The molecule has 1 heterocycles. The van der Waals surface area contributed by atoms with Crippen LogP contribution in [0.25, 0.3) is 0 Å². The molecule has 0 aliphatic carbocycles. The molecule has 4 heteroatoms. The third kappa shape index (κ3) is 3.25. The molecule has 0 saturated carbocycles. The maximum Gasteiger partial charge on any atom is 0.227 e. The number of anilines is 1. The molecule has 1 aromatic carbocycles. The van der Waals surface area contributed by atoms with E-state index in [1.807, 2.05) is 36.0 Å². The smallest absolute Gasteiger partial charge is 0.227 e. The number of hydrogen-bond donors (Lipinski definition) is 1. The van der Waals surface area contributed by atoms with Crippen LogP contribution in [-0.4, -0.2) is 17.4 Å². The molecule has 1 aliphatic rings. The van der Waals surface area contributed by atoms with Crippen LogP contribution < -0.4 is 5.32 Å². The number of amides is 1. The molecule has 0 spiro atoms. The number of nitrogens with one attached hydrogen (secondary N) is 1. The van der Waals surface area contributed by atoms with Gasteiger partial charge in [-0.3, -0.25) is 4.79 Å². The first-order valence-electron chi connectivity index (χ1n) is 5.40. The van der Waals surface area contributed by atoms with Gasteiger partial charge in [0.2, 0.25) is 5.91 Å². The zero-order valence-corrected chi connectivity index (χ0v) is 11.3. The van der Waals surface area contributed by atoms with Gasteiger partial charge in [0.25, 0.3) is 0 Å². The summed E-state index contributed by atoms with van der Waals surface area (Å²) in [5.41, 5.74) is 0.873. The quantitative estimate of drug-likeness (QED) is 0.905. The molecule has 2 rings (SSSR count). The standard InChI is InChI=1S/C12H14BrNOS/c13-10-2-1-3-11(8-10)14-12(15)9-4-6-16-7-5-9/h1-3,8-9H,4-7H2,(H,14,15). The first-order chi connectivity index (χ1) is 7.75. The molecule has 86 valence electrons. The highest BCUT2D eigenvalue weighted by atomic mass is 79.9. The summed E-state index contributed by atoms with van der Waals surface area (Å²) in [5, 5.41) is 2.97. The van der Waals surface area contributed by atoms with Gasteiger partial charge in [-0.15, -0.1) is 0 Å². The highest BCUT2D eigenvalue weighted by molar-refractivity contribution is 9.10. The monoisotopic (exact) mass is 299 g/mol. The van der Waals surface area contributed by atoms with Gasteiger partial charge in [0.15, 0.2) is 0 Å². The van der Waals surface area contributed by atoms with Gasteiger partial charge in [0, 0.05) is 16.1 Å². The summed E-state index contributed by atoms with van der Waals surface area (Å²) in [6.45, 7) is 0. The second-order valence-corrected chi connectivity index (χ2v) is 6.03. The van der Waals surface area contributed by atoms with Crippen LogP contribution in [0.1, 0.15) is 12.8 Å². The molecular formula is C12H14BrNOS. The molecule has 1 N–H and O–H groups in total. The highest BCUT2D eigenvalue weighted by Crippen LogP contribution is 2.24. The minimum absolute atomic E-state index is 0.165. The molecule has 0 bridgehead atoms. The van der Waals surface area contributed by atoms with Gasteiger partial charge in [-0.25, -0.2) is 0 Å². The molecule has 0 atom stereocenters. The van der Waals surface area contributed by atoms with Crippen molar-refractivity contribution < 1.29 is 4.79 Å². The molecule has 1 aliphatic heterocycles.